The summed E-state index contributed by atoms with van der Waals surface area (Å²) in [4.78, 5) is 36.6. The molecule has 0 spiro atoms. The van der Waals surface area contributed by atoms with E-state index in [1.807, 2.05) is 24.3 Å². The van der Waals surface area contributed by atoms with Crippen LogP contribution in [0, 0.1) is 17.0 Å². The van der Waals surface area contributed by atoms with Gasteiger partial charge < -0.3 is 11.1 Å². The second-order valence-electron chi connectivity index (χ2n) is 6.60. The number of hydrogen-bond acceptors (Lipinski definition) is 5. The molecule has 8 heteroatoms. The molecule has 0 unspecified atom stereocenters. The van der Waals surface area contributed by atoms with Crippen LogP contribution in [0.3, 0.4) is 0 Å². The van der Waals surface area contributed by atoms with Crippen molar-refractivity contribution in [2.24, 2.45) is 5.73 Å². The van der Waals surface area contributed by atoms with E-state index in [-0.39, 0.29) is 18.1 Å². The first-order chi connectivity index (χ1) is 12.8. The highest BCUT2D eigenvalue weighted by atomic mass is 16.6. The van der Waals surface area contributed by atoms with E-state index in [0.29, 0.717) is 24.2 Å². The smallest absolute Gasteiger partial charge is 0.274 e. The van der Waals surface area contributed by atoms with Crippen molar-refractivity contribution in [3.8, 4) is 0 Å². The first-order valence-corrected chi connectivity index (χ1v) is 8.50. The van der Waals surface area contributed by atoms with Crippen LogP contribution < -0.4 is 11.1 Å². The van der Waals surface area contributed by atoms with Crippen LogP contribution in [0.4, 0.5) is 11.4 Å². The van der Waals surface area contributed by atoms with Crippen molar-refractivity contribution < 1.29 is 14.5 Å². The molecule has 1 atom stereocenters. The second kappa shape index (κ2) is 7.55. The summed E-state index contributed by atoms with van der Waals surface area (Å²) < 4.78 is 0. The Kier molecular flexibility index (Phi) is 5.18. The summed E-state index contributed by atoms with van der Waals surface area (Å²) >= 11 is 0. The number of aryl methyl sites for hydroxylation is 1. The molecular formula is C19H20N4O4. The number of nitrogens with one attached hydrogen (secondary N) is 1. The normalized spacial score (nSPS) is 16.4. The van der Waals surface area contributed by atoms with Gasteiger partial charge in [0.1, 0.15) is 0 Å². The molecular weight excluding hydrogens is 348 g/mol. The first-order valence-electron chi connectivity index (χ1n) is 8.50. The van der Waals surface area contributed by atoms with E-state index >= 15 is 0 Å². The summed E-state index contributed by atoms with van der Waals surface area (Å²) in [6.07, 6.45) is 0.453. The molecule has 3 rings (SSSR count). The second-order valence-corrected chi connectivity index (χ2v) is 6.60. The molecule has 2 aromatic carbocycles. The molecule has 0 fully saturated rings. The number of carbonyl (C=O) groups is 2. The van der Waals surface area contributed by atoms with Gasteiger partial charge in [-0.05, 0) is 30.5 Å². The third-order valence-corrected chi connectivity index (χ3v) is 4.71. The molecule has 0 saturated carbocycles. The summed E-state index contributed by atoms with van der Waals surface area (Å²) in [6.45, 7) is 2.03. The topological polar surface area (TPSA) is 119 Å². The number of amides is 2. The SMILES string of the molecule is Cc1ccc(NC(=O)CN2Cc3ccccc3C[C@H]2C(N)=O)cc1[N+](=O)[O-]. The Bertz CT molecular complexity index is 912. The Morgan fingerprint density at radius 1 is 1.26 bits per heavy atom. The predicted molar refractivity (Wildman–Crippen MR) is 100 cm³/mol. The average Bonchev–Trinajstić information content (AvgIpc) is 2.62. The monoisotopic (exact) mass is 368 g/mol. The van der Waals surface area contributed by atoms with Crippen molar-refractivity contribution in [1.29, 1.82) is 0 Å². The minimum Gasteiger partial charge on any atom is -0.368 e. The van der Waals surface area contributed by atoms with Crippen molar-refractivity contribution in [2.45, 2.75) is 25.9 Å². The van der Waals surface area contributed by atoms with E-state index in [0.717, 1.165) is 11.1 Å². The summed E-state index contributed by atoms with van der Waals surface area (Å²) in [5.74, 6) is -0.845. The van der Waals surface area contributed by atoms with Gasteiger partial charge in [-0.2, -0.15) is 0 Å². The number of nitro groups is 1. The summed E-state index contributed by atoms with van der Waals surface area (Å²) in [5.41, 5.74) is 8.41. The molecule has 27 heavy (non-hydrogen) atoms. The summed E-state index contributed by atoms with van der Waals surface area (Å²) in [6, 6.07) is 11.7. The van der Waals surface area contributed by atoms with Crippen molar-refractivity contribution in [3.63, 3.8) is 0 Å². The molecule has 3 N–H and O–H groups in total. The third kappa shape index (κ3) is 4.12. The standard InChI is InChI=1S/C19H20N4O4/c1-12-6-7-15(9-16(12)23(26)27)21-18(24)11-22-10-14-5-3-2-4-13(14)8-17(22)19(20)25/h2-7,9,17H,8,10-11H2,1H3,(H2,20,25)(H,21,24)/t17-/m0/s1. The van der Waals surface area contributed by atoms with Gasteiger partial charge in [-0.3, -0.25) is 24.6 Å². The maximum Gasteiger partial charge on any atom is 0.274 e. The number of rotatable bonds is 5. The quantitative estimate of drug-likeness (QED) is 0.616. The zero-order chi connectivity index (χ0) is 19.6. The predicted octanol–water partition coefficient (Wildman–Crippen LogP) is 1.75. The fourth-order valence-corrected chi connectivity index (χ4v) is 3.29. The number of fused-ring (bicyclic) bond motifs is 1. The lowest BCUT2D eigenvalue weighted by molar-refractivity contribution is -0.385. The zero-order valence-electron chi connectivity index (χ0n) is 14.8. The number of hydrogen-bond donors (Lipinski definition) is 2. The molecule has 0 aromatic heterocycles. The average molecular weight is 368 g/mol. The van der Waals surface area contributed by atoms with E-state index in [9.17, 15) is 19.7 Å². The maximum atomic E-state index is 12.5. The van der Waals surface area contributed by atoms with Gasteiger partial charge in [0.05, 0.1) is 17.5 Å². The largest absolute Gasteiger partial charge is 0.368 e. The van der Waals surface area contributed by atoms with Gasteiger partial charge in [0.25, 0.3) is 5.69 Å². The lowest BCUT2D eigenvalue weighted by atomic mass is 9.93. The Morgan fingerprint density at radius 2 is 1.96 bits per heavy atom. The number of nitrogens with zero attached hydrogens (tertiary/aromatic N) is 2. The lowest BCUT2D eigenvalue weighted by Crippen LogP contribution is -2.50. The van der Waals surface area contributed by atoms with Crippen LogP contribution in [0.25, 0.3) is 0 Å². The summed E-state index contributed by atoms with van der Waals surface area (Å²) in [5, 5.41) is 13.7. The number of carbonyl (C=O) groups excluding carboxylic acids is 2. The maximum absolute atomic E-state index is 12.5. The Balaban J connectivity index is 1.74. The third-order valence-electron chi connectivity index (χ3n) is 4.71. The molecule has 140 valence electrons. The van der Waals surface area contributed by atoms with E-state index < -0.39 is 16.9 Å². The van der Waals surface area contributed by atoms with Gasteiger partial charge >= 0.3 is 0 Å². The highest BCUT2D eigenvalue weighted by Gasteiger charge is 2.31. The Morgan fingerprint density at radius 3 is 2.63 bits per heavy atom. The molecule has 8 nitrogen and oxygen atoms in total. The molecule has 2 aromatic rings. The molecule has 2 amide bonds. The van der Waals surface area contributed by atoms with Crippen molar-refractivity contribution in [2.75, 3.05) is 11.9 Å². The zero-order valence-corrected chi connectivity index (χ0v) is 14.8. The molecule has 0 aliphatic carbocycles. The van der Waals surface area contributed by atoms with E-state index in [1.54, 1.807) is 24.0 Å². The van der Waals surface area contributed by atoms with Crippen molar-refractivity contribution in [3.05, 3.63) is 69.3 Å². The highest BCUT2D eigenvalue weighted by molar-refractivity contribution is 5.93. The molecule has 1 heterocycles. The van der Waals surface area contributed by atoms with Crippen LogP contribution in [0.5, 0.6) is 0 Å². The highest BCUT2D eigenvalue weighted by Crippen LogP contribution is 2.24. The van der Waals surface area contributed by atoms with E-state index in [2.05, 4.69) is 5.32 Å². The van der Waals surface area contributed by atoms with Crippen LogP contribution in [-0.4, -0.2) is 34.2 Å². The molecule has 0 radical (unpaired) electrons. The summed E-state index contributed by atoms with van der Waals surface area (Å²) in [7, 11) is 0. The van der Waals surface area contributed by atoms with Crippen molar-refractivity contribution >= 4 is 23.2 Å². The minimum absolute atomic E-state index is 0.0381. The van der Waals surface area contributed by atoms with Crippen LogP contribution >= 0.6 is 0 Å². The number of nitro benzene ring substituents is 1. The molecule has 1 aliphatic heterocycles. The van der Waals surface area contributed by atoms with Gasteiger partial charge in [0.2, 0.25) is 11.8 Å². The van der Waals surface area contributed by atoms with Crippen LogP contribution in [0.15, 0.2) is 42.5 Å². The molecule has 0 saturated heterocycles. The fraction of sp³-hybridized carbons (Fsp3) is 0.263. The first kappa shape index (κ1) is 18.5. The van der Waals surface area contributed by atoms with Gasteiger partial charge in [-0.1, -0.05) is 30.3 Å². The molecule has 0 bridgehead atoms. The lowest BCUT2D eigenvalue weighted by Gasteiger charge is -2.34. The fourth-order valence-electron chi connectivity index (χ4n) is 3.29. The van der Waals surface area contributed by atoms with E-state index in [1.165, 1.54) is 6.07 Å². The number of nitrogens with two attached hydrogens (primary N) is 1. The van der Waals surface area contributed by atoms with Gasteiger partial charge in [-0.25, -0.2) is 0 Å². The Labute approximate surface area is 156 Å². The van der Waals surface area contributed by atoms with Crippen molar-refractivity contribution in [1.82, 2.24) is 4.90 Å². The number of anilines is 1. The van der Waals surface area contributed by atoms with Crippen LogP contribution in [-0.2, 0) is 22.6 Å². The Hall–Kier alpha value is -3.26. The van der Waals surface area contributed by atoms with E-state index in [4.69, 9.17) is 5.73 Å². The van der Waals surface area contributed by atoms with Gasteiger partial charge in [0.15, 0.2) is 0 Å². The van der Waals surface area contributed by atoms with Gasteiger partial charge in [0, 0.05) is 23.9 Å². The number of primary amides is 1. The molecule has 1 aliphatic rings. The minimum atomic E-state index is -0.571. The van der Waals surface area contributed by atoms with Gasteiger partial charge in [-0.15, -0.1) is 0 Å². The van der Waals surface area contributed by atoms with Crippen LogP contribution in [0.2, 0.25) is 0 Å². The van der Waals surface area contributed by atoms with Crippen LogP contribution in [0.1, 0.15) is 16.7 Å². The number of benzene rings is 2.